The van der Waals surface area contributed by atoms with Crippen LogP contribution < -0.4 is 5.73 Å². The van der Waals surface area contributed by atoms with Crippen molar-refractivity contribution in [1.82, 2.24) is 0 Å². The average molecular weight is 241 g/mol. The number of nitrogens with two attached hydrogens (primary N) is 1. The Kier molecular flexibility index (Phi) is 5.29. The minimum atomic E-state index is -0.247. The first kappa shape index (κ1) is 13.5. The zero-order chi connectivity index (χ0) is 12.1. The minimum Gasteiger partial charge on any atom is -0.324 e. The third-order valence-corrected chi connectivity index (χ3v) is 3.53. The summed E-state index contributed by atoms with van der Waals surface area (Å²) in [5.41, 5.74) is 6.44. The molecule has 2 N–H and O–H groups in total. The molecule has 1 aromatic rings. The zero-order valence-corrected chi connectivity index (χ0v) is 11.0. The van der Waals surface area contributed by atoms with E-state index in [4.69, 9.17) is 5.73 Å². The normalized spacial score (nSPS) is 13.1. The molecule has 0 saturated carbocycles. The predicted molar refractivity (Wildman–Crippen MR) is 69.2 cm³/mol. The lowest BCUT2D eigenvalue weighted by Crippen LogP contribution is -2.09. The first-order valence-corrected chi connectivity index (χ1v) is 6.67. The molecule has 0 saturated heterocycles. The Bertz CT molecular complexity index is 337. The van der Waals surface area contributed by atoms with Gasteiger partial charge in [0.2, 0.25) is 0 Å². The Labute approximate surface area is 102 Å². The van der Waals surface area contributed by atoms with Crippen LogP contribution in [0.5, 0.6) is 0 Å². The molecule has 1 nitrogen and oxygen atoms in total. The summed E-state index contributed by atoms with van der Waals surface area (Å²) in [4.78, 5) is 0.982. The van der Waals surface area contributed by atoms with Gasteiger partial charge < -0.3 is 5.73 Å². The summed E-state index contributed by atoms with van der Waals surface area (Å²) in [5.74, 6) is 1.50. The number of hydrogen-bond donors (Lipinski definition) is 1. The maximum Gasteiger partial charge on any atom is 0.129 e. The highest BCUT2D eigenvalue weighted by Crippen LogP contribution is 2.29. The molecule has 0 aromatic heterocycles. The molecule has 0 amide bonds. The van der Waals surface area contributed by atoms with E-state index in [1.165, 1.54) is 6.07 Å². The van der Waals surface area contributed by atoms with Gasteiger partial charge in [-0.05, 0) is 37.1 Å². The average Bonchev–Trinajstić information content (AvgIpc) is 2.16. The third-order valence-electron chi connectivity index (χ3n) is 2.42. The molecule has 1 rings (SSSR count). The van der Waals surface area contributed by atoms with Crippen LogP contribution in [0.3, 0.4) is 0 Å². The van der Waals surface area contributed by atoms with Crippen molar-refractivity contribution >= 4 is 11.8 Å². The summed E-state index contributed by atoms with van der Waals surface area (Å²) in [6.07, 6.45) is 1.14. The van der Waals surface area contributed by atoms with E-state index < -0.39 is 0 Å². The van der Waals surface area contributed by atoms with Crippen molar-refractivity contribution in [1.29, 1.82) is 0 Å². The summed E-state index contributed by atoms with van der Waals surface area (Å²) in [6, 6.07) is 4.93. The minimum absolute atomic E-state index is 0.190. The molecule has 0 aliphatic rings. The topological polar surface area (TPSA) is 26.0 Å². The standard InChI is InChI=1S/C13H20FNS/c1-9(2)7-8-16-12-6-4-5-11(14)13(12)10(3)15/h4-6,9-10H,7-8,15H2,1-3H3/t10-/m1/s1. The second kappa shape index (κ2) is 6.26. The van der Waals surface area contributed by atoms with E-state index in [0.717, 1.165) is 17.1 Å². The Morgan fingerprint density at radius 1 is 1.31 bits per heavy atom. The van der Waals surface area contributed by atoms with Crippen LogP contribution in [-0.2, 0) is 0 Å². The fraction of sp³-hybridized carbons (Fsp3) is 0.538. The fourth-order valence-electron chi connectivity index (χ4n) is 1.49. The van der Waals surface area contributed by atoms with E-state index in [0.29, 0.717) is 11.5 Å². The molecule has 0 unspecified atom stereocenters. The number of thioether (sulfide) groups is 1. The molecule has 0 heterocycles. The lowest BCUT2D eigenvalue weighted by Gasteiger charge is -2.13. The van der Waals surface area contributed by atoms with Crippen LogP contribution in [0, 0.1) is 11.7 Å². The van der Waals surface area contributed by atoms with Gasteiger partial charge in [0.05, 0.1) is 0 Å². The molecular weight excluding hydrogens is 221 g/mol. The molecule has 0 aliphatic heterocycles. The van der Waals surface area contributed by atoms with Crippen LogP contribution in [0.25, 0.3) is 0 Å². The van der Waals surface area contributed by atoms with Crippen molar-refractivity contribution in [2.75, 3.05) is 5.75 Å². The van der Waals surface area contributed by atoms with E-state index in [-0.39, 0.29) is 11.9 Å². The van der Waals surface area contributed by atoms with Crippen LogP contribution >= 0.6 is 11.8 Å². The van der Waals surface area contributed by atoms with Crippen molar-refractivity contribution < 1.29 is 4.39 Å². The van der Waals surface area contributed by atoms with Crippen LogP contribution in [-0.4, -0.2) is 5.75 Å². The van der Waals surface area contributed by atoms with Gasteiger partial charge >= 0.3 is 0 Å². The van der Waals surface area contributed by atoms with E-state index in [2.05, 4.69) is 13.8 Å². The quantitative estimate of drug-likeness (QED) is 0.789. The predicted octanol–water partition coefficient (Wildman–Crippen LogP) is 3.98. The molecule has 1 aromatic carbocycles. The SMILES string of the molecule is CC(C)CCSc1cccc(F)c1[C@@H](C)N. The maximum atomic E-state index is 13.6. The van der Waals surface area contributed by atoms with E-state index in [1.807, 2.05) is 13.0 Å². The third kappa shape index (κ3) is 3.80. The van der Waals surface area contributed by atoms with Gasteiger partial charge in [0.1, 0.15) is 5.82 Å². The summed E-state index contributed by atoms with van der Waals surface area (Å²) < 4.78 is 13.6. The molecule has 0 bridgehead atoms. The first-order valence-electron chi connectivity index (χ1n) is 5.69. The Balaban J connectivity index is 2.75. The van der Waals surface area contributed by atoms with Crippen LogP contribution in [0.4, 0.5) is 4.39 Å². The summed E-state index contributed by atoms with van der Waals surface area (Å²) in [5, 5.41) is 0. The van der Waals surface area contributed by atoms with Gasteiger partial charge in [-0.15, -0.1) is 11.8 Å². The largest absolute Gasteiger partial charge is 0.324 e. The number of rotatable bonds is 5. The molecule has 16 heavy (non-hydrogen) atoms. The van der Waals surface area contributed by atoms with Crippen molar-refractivity contribution in [3.05, 3.63) is 29.6 Å². The van der Waals surface area contributed by atoms with E-state index in [1.54, 1.807) is 17.8 Å². The highest BCUT2D eigenvalue weighted by atomic mass is 32.2. The summed E-state index contributed by atoms with van der Waals surface area (Å²) >= 11 is 1.70. The lowest BCUT2D eigenvalue weighted by molar-refractivity contribution is 0.585. The second-order valence-electron chi connectivity index (χ2n) is 4.47. The van der Waals surface area contributed by atoms with Gasteiger partial charge in [-0.2, -0.15) is 0 Å². The van der Waals surface area contributed by atoms with Gasteiger partial charge in [-0.25, -0.2) is 4.39 Å². The van der Waals surface area contributed by atoms with Crippen molar-refractivity contribution in [2.24, 2.45) is 11.7 Å². The fourth-order valence-corrected chi connectivity index (χ4v) is 2.91. The number of hydrogen-bond acceptors (Lipinski definition) is 2. The number of benzene rings is 1. The summed E-state index contributed by atoms with van der Waals surface area (Å²) in [6.45, 7) is 6.21. The molecule has 0 radical (unpaired) electrons. The van der Waals surface area contributed by atoms with Crippen LogP contribution in [0.15, 0.2) is 23.1 Å². The lowest BCUT2D eigenvalue weighted by atomic mass is 10.1. The van der Waals surface area contributed by atoms with Crippen LogP contribution in [0.1, 0.15) is 38.8 Å². The van der Waals surface area contributed by atoms with Gasteiger partial charge in [-0.3, -0.25) is 0 Å². The van der Waals surface area contributed by atoms with E-state index >= 15 is 0 Å². The van der Waals surface area contributed by atoms with Crippen molar-refractivity contribution in [3.8, 4) is 0 Å². The Morgan fingerprint density at radius 2 is 2.00 bits per heavy atom. The maximum absolute atomic E-state index is 13.6. The Hall–Kier alpha value is -0.540. The second-order valence-corrected chi connectivity index (χ2v) is 5.61. The molecule has 1 atom stereocenters. The van der Waals surface area contributed by atoms with Gasteiger partial charge in [0.25, 0.3) is 0 Å². The smallest absolute Gasteiger partial charge is 0.129 e. The van der Waals surface area contributed by atoms with E-state index in [9.17, 15) is 4.39 Å². The molecular formula is C13H20FNS. The Morgan fingerprint density at radius 3 is 2.56 bits per heavy atom. The molecule has 3 heteroatoms. The van der Waals surface area contributed by atoms with Gasteiger partial charge in [-0.1, -0.05) is 19.9 Å². The first-order chi connectivity index (χ1) is 7.52. The highest BCUT2D eigenvalue weighted by molar-refractivity contribution is 7.99. The summed E-state index contributed by atoms with van der Waals surface area (Å²) in [7, 11) is 0. The van der Waals surface area contributed by atoms with Crippen LogP contribution in [0.2, 0.25) is 0 Å². The monoisotopic (exact) mass is 241 g/mol. The molecule has 0 aliphatic carbocycles. The van der Waals surface area contributed by atoms with Gasteiger partial charge in [0, 0.05) is 16.5 Å². The molecule has 0 spiro atoms. The molecule has 90 valence electrons. The van der Waals surface area contributed by atoms with Crippen molar-refractivity contribution in [2.45, 2.75) is 38.1 Å². The molecule has 0 fully saturated rings. The van der Waals surface area contributed by atoms with Crippen molar-refractivity contribution in [3.63, 3.8) is 0 Å². The number of halogens is 1. The van der Waals surface area contributed by atoms with Gasteiger partial charge in [0.15, 0.2) is 0 Å². The highest BCUT2D eigenvalue weighted by Gasteiger charge is 2.12. The zero-order valence-electron chi connectivity index (χ0n) is 10.2.